The number of H-pyrrole nitrogens is 1. The molecular weight excluding hydrogens is 461 g/mol. The molecule has 0 unspecified atom stereocenters. The highest BCUT2D eigenvalue weighted by Gasteiger charge is 2.43. The first-order valence-electron chi connectivity index (χ1n) is 12.3. The Labute approximate surface area is 208 Å². The Balaban J connectivity index is 1.35. The molecule has 0 spiro atoms. The maximum atomic E-state index is 14.5. The molecule has 1 aliphatic carbocycles. The Morgan fingerprint density at radius 3 is 2.56 bits per heavy atom. The third-order valence-corrected chi connectivity index (χ3v) is 7.31. The van der Waals surface area contributed by atoms with E-state index in [2.05, 4.69) is 15.5 Å². The number of benzene rings is 1. The lowest BCUT2D eigenvalue weighted by atomic mass is 9.74. The fourth-order valence-electron chi connectivity index (χ4n) is 4.97. The molecule has 3 heterocycles. The number of likely N-dealkylation sites (tertiary alicyclic amines) is 1. The highest BCUT2D eigenvalue weighted by Crippen LogP contribution is 2.42. The molecule has 1 saturated heterocycles. The summed E-state index contributed by atoms with van der Waals surface area (Å²) < 4.78 is 14.5. The van der Waals surface area contributed by atoms with Crippen LogP contribution in [0.4, 0.5) is 16.0 Å². The van der Waals surface area contributed by atoms with E-state index in [4.69, 9.17) is 4.98 Å². The highest BCUT2D eigenvalue weighted by atomic mass is 19.1. The topological polar surface area (TPSA) is 111 Å². The first-order chi connectivity index (χ1) is 17.2. The molecule has 188 valence electrons. The van der Waals surface area contributed by atoms with Crippen molar-refractivity contribution >= 4 is 23.5 Å². The molecule has 2 fully saturated rings. The minimum Gasteiger partial charge on any atom is -0.481 e. The number of nitrogens with zero attached hydrogens (tertiary/aromatic N) is 3. The number of carbonyl (C=O) groups excluding carboxylic acids is 1. The molecule has 1 amide bonds. The van der Waals surface area contributed by atoms with Gasteiger partial charge in [0.25, 0.3) is 5.91 Å². The number of anilines is 2. The predicted molar refractivity (Wildman–Crippen MR) is 133 cm³/mol. The number of piperidine rings is 1. The summed E-state index contributed by atoms with van der Waals surface area (Å²) >= 11 is 0. The zero-order chi connectivity index (χ0) is 25.4. The van der Waals surface area contributed by atoms with Gasteiger partial charge in [-0.15, -0.1) is 0 Å². The third-order valence-electron chi connectivity index (χ3n) is 7.31. The number of aliphatic carboxylic acids is 1. The summed E-state index contributed by atoms with van der Waals surface area (Å²) in [7, 11) is 0. The van der Waals surface area contributed by atoms with E-state index in [0.29, 0.717) is 28.8 Å². The van der Waals surface area contributed by atoms with Crippen LogP contribution in [0, 0.1) is 25.1 Å². The minimum atomic E-state index is -1.04. The van der Waals surface area contributed by atoms with E-state index < -0.39 is 23.1 Å². The number of nitrogens with one attached hydrogen (secondary N) is 2. The minimum absolute atomic E-state index is 0.0287. The Morgan fingerprint density at radius 1 is 1.17 bits per heavy atom. The zero-order valence-electron chi connectivity index (χ0n) is 20.5. The second-order valence-corrected chi connectivity index (χ2v) is 10.1. The van der Waals surface area contributed by atoms with Crippen LogP contribution in [0.15, 0.2) is 36.4 Å². The molecule has 1 aromatic carbocycles. The predicted octanol–water partition coefficient (Wildman–Crippen LogP) is 4.73. The molecule has 36 heavy (non-hydrogen) atoms. The van der Waals surface area contributed by atoms with Crippen LogP contribution in [0.5, 0.6) is 0 Å². The maximum absolute atomic E-state index is 14.5. The average molecular weight is 492 g/mol. The number of halogens is 1. The number of aromatic amines is 1. The van der Waals surface area contributed by atoms with Crippen LogP contribution in [0.25, 0.3) is 0 Å². The molecule has 1 aliphatic heterocycles. The van der Waals surface area contributed by atoms with Gasteiger partial charge in [-0.3, -0.25) is 14.7 Å². The van der Waals surface area contributed by atoms with E-state index in [-0.39, 0.29) is 37.9 Å². The quantitative estimate of drug-likeness (QED) is 0.441. The van der Waals surface area contributed by atoms with Gasteiger partial charge in [0, 0.05) is 37.0 Å². The summed E-state index contributed by atoms with van der Waals surface area (Å²) in [4.78, 5) is 31.8. The van der Waals surface area contributed by atoms with Crippen LogP contribution in [0.3, 0.4) is 0 Å². The zero-order valence-corrected chi connectivity index (χ0v) is 20.5. The Bertz CT molecular complexity index is 1310. The summed E-state index contributed by atoms with van der Waals surface area (Å²) in [6.07, 6.45) is 3.04. The third kappa shape index (κ3) is 4.82. The van der Waals surface area contributed by atoms with Crippen molar-refractivity contribution in [3.63, 3.8) is 0 Å². The van der Waals surface area contributed by atoms with Gasteiger partial charge >= 0.3 is 5.97 Å². The van der Waals surface area contributed by atoms with Crippen LogP contribution in [-0.4, -0.2) is 50.2 Å². The Hall–Kier alpha value is -3.75. The monoisotopic (exact) mass is 491 g/mol. The van der Waals surface area contributed by atoms with E-state index in [9.17, 15) is 19.1 Å². The van der Waals surface area contributed by atoms with Gasteiger partial charge in [-0.05, 0) is 74.8 Å². The number of carbonyl (C=O) groups is 2. The van der Waals surface area contributed by atoms with E-state index in [1.165, 1.54) is 6.07 Å². The summed E-state index contributed by atoms with van der Waals surface area (Å²) in [5.74, 6) is -0.0493. The standard InChI is InChI=1S/C27H30FN5O3/c1-16-4-3-5-21(24(16)28)25(34)33-10-8-27(9-11-33,26(35)36)15-20-13-19(18-6-7-18)14-22(29-20)30-23-12-17(2)31-32-23/h3-5,12-14,18H,6-11,15H2,1-2H3,(H,35,36)(H2,29,30,31,32). The van der Waals surface area contributed by atoms with Gasteiger partial charge in [-0.2, -0.15) is 5.10 Å². The molecule has 3 N–H and O–H groups in total. The van der Waals surface area contributed by atoms with Gasteiger partial charge in [0.2, 0.25) is 0 Å². The number of rotatable bonds is 7. The fourth-order valence-corrected chi connectivity index (χ4v) is 4.97. The SMILES string of the molecule is Cc1cc(Nc2cc(C3CC3)cc(CC3(C(=O)O)CCN(C(=O)c4cccc(C)c4F)CC3)n2)n[nH]1. The molecule has 9 heteroatoms. The number of aryl methyl sites for hydroxylation is 2. The Morgan fingerprint density at radius 2 is 1.92 bits per heavy atom. The van der Waals surface area contributed by atoms with E-state index >= 15 is 0 Å². The number of carboxylic acid groups (broad SMARTS) is 1. The van der Waals surface area contributed by atoms with Crippen LogP contribution >= 0.6 is 0 Å². The molecule has 2 aliphatic rings. The van der Waals surface area contributed by atoms with Crippen molar-refractivity contribution in [3.05, 3.63) is 70.3 Å². The number of carboxylic acids is 1. The smallest absolute Gasteiger partial charge is 0.310 e. The normalized spacial score (nSPS) is 17.1. The van der Waals surface area contributed by atoms with Crippen LogP contribution < -0.4 is 5.32 Å². The highest BCUT2D eigenvalue weighted by molar-refractivity contribution is 5.95. The first-order valence-corrected chi connectivity index (χ1v) is 12.3. The number of hydrogen-bond acceptors (Lipinski definition) is 5. The fraction of sp³-hybridized carbons (Fsp3) is 0.407. The number of aromatic nitrogens is 3. The van der Waals surface area contributed by atoms with Gasteiger partial charge < -0.3 is 15.3 Å². The molecule has 8 nitrogen and oxygen atoms in total. The second-order valence-electron chi connectivity index (χ2n) is 10.1. The van der Waals surface area contributed by atoms with Crippen molar-refractivity contribution in [3.8, 4) is 0 Å². The molecule has 0 bridgehead atoms. The molecule has 5 rings (SSSR count). The number of amides is 1. The molecule has 0 atom stereocenters. The van der Waals surface area contributed by atoms with Crippen molar-refractivity contribution < 1.29 is 19.1 Å². The average Bonchev–Trinajstić information content (AvgIpc) is 3.63. The molecule has 1 saturated carbocycles. The molecule has 2 aromatic heterocycles. The largest absolute Gasteiger partial charge is 0.481 e. The van der Waals surface area contributed by atoms with Crippen molar-refractivity contribution in [2.45, 2.75) is 51.9 Å². The number of hydrogen-bond donors (Lipinski definition) is 3. The number of pyridine rings is 1. The molecular formula is C27H30FN5O3. The second kappa shape index (κ2) is 9.37. The first kappa shape index (κ1) is 24.0. The summed E-state index contributed by atoms with van der Waals surface area (Å²) in [6.45, 7) is 4.03. The van der Waals surface area contributed by atoms with Crippen molar-refractivity contribution in [2.24, 2.45) is 5.41 Å². The van der Waals surface area contributed by atoms with E-state index in [0.717, 1.165) is 24.1 Å². The molecule has 0 radical (unpaired) electrons. The van der Waals surface area contributed by atoms with Gasteiger partial charge in [0.05, 0.1) is 11.0 Å². The van der Waals surface area contributed by atoms with Gasteiger partial charge in [-0.1, -0.05) is 12.1 Å². The van der Waals surface area contributed by atoms with Crippen LogP contribution in [0.2, 0.25) is 0 Å². The summed E-state index contributed by atoms with van der Waals surface area (Å²) in [6, 6.07) is 10.7. The maximum Gasteiger partial charge on any atom is 0.310 e. The van der Waals surface area contributed by atoms with E-state index in [1.807, 2.05) is 25.1 Å². The lowest BCUT2D eigenvalue weighted by Crippen LogP contribution is -2.47. The van der Waals surface area contributed by atoms with Gasteiger partial charge in [0.1, 0.15) is 11.6 Å². The Kier molecular flexibility index (Phi) is 6.24. The molecule has 3 aromatic rings. The van der Waals surface area contributed by atoms with Gasteiger partial charge in [-0.25, -0.2) is 9.37 Å². The van der Waals surface area contributed by atoms with Crippen molar-refractivity contribution in [2.75, 3.05) is 18.4 Å². The van der Waals surface area contributed by atoms with E-state index in [1.54, 1.807) is 24.0 Å². The van der Waals surface area contributed by atoms with Crippen LogP contribution in [0.1, 0.15) is 64.5 Å². The summed E-state index contributed by atoms with van der Waals surface area (Å²) in [5, 5.41) is 20.6. The van der Waals surface area contributed by atoms with Gasteiger partial charge in [0.15, 0.2) is 5.82 Å². The lowest BCUT2D eigenvalue weighted by Gasteiger charge is -2.39. The summed E-state index contributed by atoms with van der Waals surface area (Å²) in [5.41, 5.74) is 2.18. The lowest BCUT2D eigenvalue weighted by molar-refractivity contribution is -0.151. The van der Waals surface area contributed by atoms with Crippen molar-refractivity contribution in [1.29, 1.82) is 0 Å². The van der Waals surface area contributed by atoms with Crippen LogP contribution in [-0.2, 0) is 11.2 Å². The van der Waals surface area contributed by atoms with Crippen molar-refractivity contribution in [1.82, 2.24) is 20.1 Å².